The molecule has 7 heteroatoms. The standard InChI is InChI=1S/C11H17N3O4/c1-7(6-15)8(2)12-10(17)5-14-11(18)4-3-9(16)13-14/h3-4,7-8,15H,5-6H2,1-2H3,(H,12,17)(H,13,16). The fraction of sp³-hybridized carbons (Fsp3) is 0.545. The number of carbonyl (C=O) groups is 1. The highest BCUT2D eigenvalue weighted by atomic mass is 16.3. The van der Waals surface area contributed by atoms with Gasteiger partial charge in [0, 0.05) is 24.8 Å². The number of carbonyl (C=O) groups excluding carboxylic acids is 1. The number of nitrogens with zero attached hydrogens (tertiary/aromatic N) is 1. The molecule has 1 rings (SSSR count). The first-order valence-electron chi connectivity index (χ1n) is 5.64. The first-order valence-corrected chi connectivity index (χ1v) is 5.64. The Hall–Kier alpha value is -1.89. The topological polar surface area (TPSA) is 104 Å². The van der Waals surface area contributed by atoms with Gasteiger partial charge in [0.05, 0.1) is 0 Å². The summed E-state index contributed by atoms with van der Waals surface area (Å²) in [4.78, 5) is 34.0. The number of hydrogen-bond acceptors (Lipinski definition) is 4. The summed E-state index contributed by atoms with van der Waals surface area (Å²) < 4.78 is 0.938. The van der Waals surface area contributed by atoms with Gasteiger partial charge < -0.3 is 10.4 Å². The zero-order valence-corrected chi connectivity index (χ0v) is 10.3. The summed E-state index contributed by atoms with van der Waals surface area (Å²) in [5.74, 6) is -0.479. The van der Waals surface area contributed by atoms with Gasteiger partial charge in [0.15, 0.2) is 0 Å². The van der Waals surface area contributed by atoms with E-state index in [9.17, 15) is 14.4 Å². The predicted molar refractivity (Wildman–Crippen MR) is 65.2 cm³/mol. The molecule has 0 fully saturated rings. The Balaban J connectivity index is 2.68. The molecule has 2 atom stereocenters. The van der Waals surface area contributed by atoms with Crippen LogP contribution in [0.15, 0.2) is 21.7 Å². The Bertz CT molecular complexity index is 520. The lowest BCUT2D eigenvalue weighted by Crippen LogP contribution is -2.42. The summed E-state index contributed by atoms with van der Waals surface area (Å²) in [5.41, 5.74) is -0.896. The van der Waals surface area contributed by atoms with Gasteiger partial charge in [-0.05, 0) is 12.8 Å². The van der Waals surface area contributed by atoms with E-state index in [0.29, 0.717) is 0 Å². The molecule has 0 aliphatic heterocycles. The minimum atomic E-state index is -0.451. The van der Waals surface area contributed by atoms with Crippen molar-refractivity contribution in [1.29, 1.82) is 0 Å². The van der Waals surface area contributed by atoms with Crippen molar-refractivity contribution in [1.82, 2.24) is 15.1 Å². The summed E-state index contributed by atoms with van der Waals surface area (Å²) >= 11 is 0. The molecule has 0 saturated carbocycles. The maximum absolute atomic E-state index is 11.6. The fourth-order valence-corrected chi connectivity index (χ4v) is 1.32. The SMILES string of the molecule is CC(CO)C(C)NC(=O)Cn1[nH]c(=O)ccc1=O. The second-order valence-corrected chi connectivity index (χ2v) is 4.25. The van der Waals surface area contributed by atoms with Crippen molar-refractivity contribution >= 4 is 5.91 Å². The molecule has 3 N–H and O–H groups in total. The van der Waals surface area contributed by atoms with Gasteiger partial charge in [-0.1, -0.05) is 6.92 Å². The average Bonchev–Trinajstić information content (AvgIpc) is 2.32. The van der Waals surface area contributed by atoms with Gasteiger partial charge in [-0.3, -0.25) is 19.5 Å². The Kier molecular flexibility index (Phi) is 4.85. The third-order valence-electron chi connectivity index (χ3n) is 2.72. The number of nitrogens with one attached hydrogen (secondary N) is 2. The monoisotopic (exact) mass is 255 g/mol. The number of rotatable bonds is 5. The number of H-pyrrole nitrogens is 1. The lowest BCUT2D eigenvalue weighted by molar-refractivity contribution is -0.122. The van der Waals surface area contributed by atoms with E-state index in [4.69, 9.17) is 5.11 Å². The van der Waals surface area contributed by atoms with Gasteiger partial charge in [-0.2, -0.15) is 0 Å². The molecule has 0 radical (unpaired) electrons. The lowest BCUT2D eigenvalue weighted by atomic mass is 10.1. The quantitative estimate of drug-likeness (QED) is 0.606. The zero-order valence-electron chi connectivity index (χ0n) is 10.3. The van der Waals surface area contributed by atoms with Crippen LogP contribution in [0.1, 0.15) is 13.8 Å². The van der Waals surface area contributed by atoms with Crippen LogP contribution < -0.4 is 16.4 Å². The van der Waals surface area contributed by atoms with Crippen molar-refractivity contribution in [2.75, 3.05) is 6.61 Å². The molecule has 1 aromatic heterocycles. The van der Waals surface area contributed by atoms with Gasteiger partial charge >= 0.3 is 0 Å². The van der Waals surface area contributed by atoms with Crippen molar-refractivity contribution in [3.05, 3.63) is 32.8 Å². The molecule has 1 aromatic rings. The molecular formula is C11H17N3O4. The zero-order chi connectivity index (χ0) is 13.7. The lowest BCUT2D eigenvalue weighted by Gasteiger charge is -2.19. The van der Waals surface area contributed by atoms with Crippen molar-refractivity contribution in [2.45, 2.75) is 26.4 Å². The number of aliphatic hydroxyl groups is 1. The fourth-order valence-electron chi connectivity index (χ4n) is 1.32. The predicted octanol–water partition coefficient (Wildman–Crippen LogP) is -1.33. The largest absolute Gasteiger partial charge is 0.396 e. The van der Waals surface area contributed by atoms with Crippen LogP contribution in [0, 0.1) is 5.92 Å². The molecule has 0 aliphatic rings. The molecule has 1 amide bonds. The van der Waals surface area contributed by atoms with Gasteiger partial charge in [0.2, 0.25) is 5.91 Å². The maximum Gasteiger partial charge on any atom is 0.265 e. The summed E-state index contributed by atoms with van der Waals surface area (Å²) in [6.07, 6.45) is 0. The molecule has 0 bridgehead atoms. The first-order chi connectivity index (χ1) is 8.43. The molecule has 0 saturated heterocycles. The second kappa shape index (κ2) is 6.15. The summed E-state index contributed by atoms with van der Waals surface area (Å²) in [6.45, 7) is 3.26. The number of aromatic amines is 1. The Morgan fingerprint density at radius 1 is 1.44 bits per heavy atom. The van der Waals surface area contributed by atoms with Crippen LogP contribution in [0.2, 0.25) is 0 Å². The van der Waals surface area contributed by atoms with E-state index in [-0.39, 0.29) is 25.1 Å². The number of aliphatic hydroxyl groups excluding tert-OH is 1. The Morgan fingerprint density at radius 3 is 2.72 bits per heavy atom. The van der Waals surface area contributed by atoms with E-state index in [1.54, 1.807) is 13.8 Å². The highest BCUT2D eigenvalue weighted by molar-refractivity contribution is 5.75. The van der Waals surface area contributed by atoms with E-state index in [0.717, 1.165) is 16.8 Å². The van der Waals surface area contributed by atoms with Crippen LogP contribution in [0.4, 0.5) is 0 Å². The number of amides is 1. The van der Waals surface area contributed by atoms with Crippen molar-refractivity contribution in [3.63, 3.8) is 0 Å². The van der Waals surface area contributed by atoms with Crippen LogP contribution in [0.5, 0.6) is 0 Å². The molecule has 2 unspecified atom stereocenters. The minimum absolute atomic E-state index is 0.0381. The number of hydrogen-bond donors (Lipinski definition) is 3. The van der Waals surface area contributed by atoms with Crippen LogP contribution in [0.25, 0.3) is 0 Å². The molecule has 18 heavy (non-hydrogen) atoms. The van der Waals surface area contributed by atoms with E-state index in [1.807, 2.05) is 0 Å². The van der Waals surface area contributed by atoms with Crippen LogP contribution in [-0.4, -0.2) is 33.4 Å². The summed E-state index contributed by atoms with van der Waals surface area (Å²) in [5, 5.41) is 13.8. The molecular weight excluding hydrogens is 238 g/mol. The Labute approximate surface area is 103 Å². The minimum Gasteiger partial charge on any atom is -0.396 e. The third-order valence-corrected chi connectivity index (χ3v) is 2.72. The van der Waals surface area contributed by atoms with E-state index in [2.05, 4.69) is 10.4 Å². The summed E-state index contributed by atoms with van der Waals surface area (Å²) in [7, 11) is 0. The summed E-state index contributed by atoms with van der Waals surface area (Å²) in [6, 6.07) is 1.99. The van der Waals surface area contributed by atoms with E-state index < -0.39 is 17.0 Å². The molecule has 7 nitrogen and oxygen atoms in total. The first kappa shape index (κ1) is 14.2. The molecule has 1 heterocycles. The van der Waals surface area contributed by atoms with Crippen LogP contribution in [-0.2, 0) is 11.3 Å². The maximum atomic E-state index is 11.6. The number of aromatic nitrogens is 2. The molecule has 100 valence electrons. The highest BCUT2D eigenvalue weighted by Gasteiger charge is 2.14. The highest BCUT2D eigenvalue weighted by Crippen LogP contribution is 2.00. The normalized spacial score (nSPS) is 13.9. The average molecular weight is 255 g/mol. The smallest absolute Gasteiger partial charge is 0.265 e. The molecule has 0 aliphatic carbocycles. The van der Waals surface area contributed by atoms with E-state index >= 15 is 0 Å². The van der Waals surface area contributed by atoms with Crippen molar-refractivity contribution < 1.29 is 9.90 Å². The molecule has 0 spiro atoms. The van der Waals surface area contributed by atoms with Gasteiger partial charge in [0.1, 0.15) is 6.54 Å². The van der Waals surface area contributed by atoms with Crippen LogP contribution >= 0.6 is 0 Å². The van der Waals surface area contributed by atoms with Crippen molar-refractivity contribution in [3.8, 4) is 0 Å². The Morgan fingerprint density at radius 2 is 2.11 bits per heavy atom. The van der Waals surface area contributed by atoms with Crippen molar-refractivity contribution in [2.24, 2.45) is 5.92 Å². The van der Waals surface area contributed by atoms with Gasteiger partial charge in [0.25, 0.3) is 11.1 Å². The molecule has 0 aromatic carbocycles. The third kappa shape index (κ3) is 3.85. The second-order valence-electron chi connectivity index (χ2n) is 4.25. The van der Waals surface area contributed by atoms with Crippen LogP contribution in [0.3, 0.4) is 0 Å². The van der Waals surface area contributed by atoms with Gasteiger partial charge in [-0.25, -0.2) is 4.68 Å². The van der Waals surface area contributed by atoms with Gasteiger partial charge in [-0.15, -0.1) is 0 Å². The van der Waals surface area contributed by atoms with E-state index in [1.165, 1.54) is 0 Å².